The highest BCUT2D eigenvalue weighted by atomic mass is 35.5. The second-order valence-electron chi connectivity index (χ2n) is 4.26. The summed E-state index contributed by atoms with van der Waals surface area (Å²) < 4.78 is 40.2. The van der Waals surface area contributed by atoms with Gasteiger partial charge in [-0.3, -0.25) is 0 Å². The van der Waals surface area contributed by atoms with Gasteiger partial charge in [0.2, 0.25) is 0 Å². The molecule has 1 unspecified atom stereocenters. The number of aryl methyl sites for hydroxylation is 1. The summed E-state index contributed by atoms with van der Waals surface area (Å²) in [5.74, 6) is 0.279. The summed E-state index contributed by atoms with van der Waals surface area (Å²) in [6.07, 6.45) is -3.60. The van der Waals surface area contributed by atoms with E-state index in [1.54, 1.807) is 19.1 Å². The molecule has 1 heterocycles. The fraction of sp³-hybridized carbons (Fsp3) is 0.500. The van der Waals surface area contributed by atoms with E-state index < -0.39 is 6.36 Å². The smallest absolute Gasteiger partial charge is 0.406 e. The van der Waals surface area contributed by atoms with Crippen LogP contribution in [0.4, 0.5) is 13.2 Å². The molecular formula is C12H15ClF3NO. The van der Waals surface area contributed by atoms with Gasteiger partial charge in [0, 0.05) is 6.54 Å². The van der Waals surface area contributed by atoms with Crippen molar-refractivity contribution in [1.29, 1.82) is 0 Å². The van der Waals surface area contributed by atoms with Crippen LogP contribution in [0.5, 0.6) is 5.75 Å². The van der Waals surface area contributed by atoms with Crippen molar-refractivity contribution in [1.82, 2.24) is 5.32 Å². The number of hydrogen-bond donors (Lipinski definition) is 1. The zero-order valence-corrected chi connectivity index (χ0v) is 10.7. The van der Waals surface area contributed by atoms with Gasteiger partial charge >= 0.3 is 6.36 Å². The molecule has 1 fully saturated rings. The predicted molar refractivity (Wildman–Crippen MR) is 65.3 cm³/mol. The molecule has 0 bridgehead atoms. The highest BCUT2D eigenvalue weighted by Crippen LogP contribution is 2.30. The van der Waals surface area contributed by atoms with Crippen molar-refractivity contribution in [2.24, 2.45) is 0 Å². The number of rotatable bonds is 2. The predicted octanol–water partition coefficient (Wildman–Crippen LogP) is 3.39. The fourth-order valence-corrected chi connectivity index (χ4v) is 2.10. The lowest BCUT2D eigenvalue weighted by Gasteiger charge is -2.14. The lowest BCUT2D eigenvalue weighted by molar-refractivity contribution is -0.274. The van der Waals surface area contributed by atoms with Crippen molar-refractivity contribution in [2.75, 3.05) is 13.1 Å². The molecule has 1 aliphatic heterocycles. The number of halogens is 4. The molecule has 18 heavy (non-hydrogen) atoms. The van der Waals surface area contributed by atoms with E-state index in [9.17, 15) is 13.2 Å². The minimum Gasteiger partial charge on any atom is -0.406 e. The quantitative estimate of drug-likeness (QED) is 0.897. The number of benzene rings is 1. The molecule has 1 aromatic carbocycles. The molecule has 1 saturated heterocycles. The van der Waals surface area contributed by atoms with Gasteiger partial charge in [-0.25, -0.2) is 0 Å². The van der Waals surface area contributed by atoms with E-state index >= 15 is 0 Å². The van der Waals surface area contributed by atoms with Crippen LogP contribution in [0.2, 0.25) is 0 Å². The van der Waals surface area contributed by atoms with Crippen molar-refractivity contribution >= 4 is 12.4 Å². The molecule has 2 nitrogen and oxygen atoms in total. The SMILES string of the molecule is Cc1cc(C2CCNC2)ccc1OC(F)(F)F.Cl. The highest BCUT2D eigenvalue weighted by molar-refractivity contribution is 5.85. The second kappa shape index (κ2) is 5.80. The summed E-state index contributed by atoms with van der Waals surface area (Å²) >= 11 is 0. The lowest BCUT2D eigenvalue weighted by atomic mass is 9.96. The molecule has 0 aromatic heterocycles. The van der Waals surface area contributed by atoms with Crippen molar-refractivity contribution in [3.05, 3.63) is 29.3 Å². The Morgan fingerprint density at radius 1 is 1.33 bits per heavy atom. The van der Waals surface area contributed by atoms with Gasteiger partial charge in [0.15, 0.2) is 0 Å². The van der Waals surface area contributed by atoms with E-state index in [1.165, 1.54) is 6.07 Å². The van der Waals surface area contributed by atoms with Gasteiger partial charge in [0.05, 0.1) is 0 Å². The van der Waals surface area contributed by atoms with Crippen LogP contribution in [0.3, 0.4) is 0 Å². The molecule has 0 amide bonds. The minimum absolute atomic E-state index is 0. The summed E-state index contributed by atoms with van der Waals surface area (Å²) in [7, 11) is 0. The van der Waals surface area contributed by atoms with E-state index in [4.69, 9.17) is 0 Å². The maximum atomic E-state index is 12.1. The third-order valence-corrected chi connectivity index (χ3v) is 2.96. The van der Waals surface area contributed by atoms with Crippen molar-refractivity contribution < 1.29 is 17.9 Å². The molecule has 1 aliphatic rings. The number of nitrogens with one attached hydrogen (secondary N) is 1. The van der Waals surface area contributed by atoms with Crippen LogP contribution in [-0.4, -0.2) is 19.5 Å². The number of alkyl halides is 3. The Labute approximate surface area is 110 Å². The minimum atomic E-state index is -4.62. The molecule has 1 atom stereocenters. The maximum Gasteiger partial charge on any atom is 0.573 e. The molecule has 0 aliphatic carbocycles. The molecule has 2 rings (SSSR count). The second-order valence-corrected chi connectivity index (χ2v) is 4.26. The van der Waals surface area contributed by atoms with Gasteiger partial charge in [-0.15, -0.1) is 25.6 Å². The number of hydrogen-bond acceptors (Lipinski definition) is 2. The Morgan fingerprint density at radius 2 is 2.06 bits per heavy atom. The molecule has 1 N–H and O–H groups in total. The Morgan fingerprint density at radius 3 is 2.56 bits per heavy atom. The Hall–Kier alpha value is -0.940. The van der Waals surface area contributed by atoms with Gasteiger partial charge in [-0.05, 0) is 43.0 Å². The Bertz CT molecular complexity index is 403. The van der Waals surface area contributed by atoms with Crippen LogP contribution in [-0.2, 0) is 0 Å². The fourth-order valence-electron chi connectivity index (χ4n) is 2.10. The zero-order chi connectivity index (χ0) is 12.5. The van der Waals surface area contributed by atoms with Gasteiger partial charge in [0.1, 0.15) is 5.75 Å². The van der Waals surface area contributed by atoms with Gasteiger partial charge < -0.3 is 10.1 Å². The third kappa shape index (κ3) is 3.78. The summed E-state index contributed by atoms with van der Waals surface area (Å²) in [5, 5.41) is 3.23. The molecule has 6 heteroatoms. The Kier molecular flexibility index (Phi) is 4.87. The van der Waals surface area contributed by atoms with Crippen molar-refractivity contribution in [2.45, 2.75) is 25.6 Å². The normalized spacial score (nSPS) is 19.4. The molecule has 0 radical (unpaired) electrons. The van der Waals surface area contributed by atoms with E-state index in [-0.39, 0.29) is 18.2 Å². The summed E-state index contributed by atoms with van der Waals surface area (Å²) in [6, 6.07) is 4.89. The van der Waals surface area contributed by atoms with E-state index in [0.29, 0.717) is 11.5 Å². The topological polar surface area (TPSA) is 21.3 Å². The molecule has 0 spiro atoms. The van der Waals surface area contributed by atoms with Crippen molar-refractivity contribution in [3.8, 4) is 5.75 Å². The zero-order valence-electron chi connectivity index (χ0n) is 9.88. The van der Waals surface area contributed by atoms with Crippen LogP contribution in [0.15, 0.2) is 18.2 Å². The Balaban J connectivity index is 0.00000162. The van der Waals surface area contributed by atoms with E-state index in [1.807, 2.05) is 0 Å². The summed E-state index contributed by atoms with van der Waals surface area (Å²) in [6.45, 7) is 3.48. The first-order valence-corrected chi connectivity index (χ1v) is 5.53. The third-order valence-electron chi connectivity index (χ3n) is 2.96. The van der Waals surface area contributed by atoms with Crippen LogP contribution in [0, 0.1) is 6.92 Å². The standard InChI is InChI=1S/C12H14F3NO.ClH/c1-8-6-9(10-4-5-16-7-10)2-3-11(8)17-12(13,14)15;/h2-3,6,10,16H,4-5,7H2,1H3;1H. The van der Waals surface area contributed by atoms with E-state index in [2.05, 4.69) is 10.1 Å². The largest absolute Gasteiger partial charge is 0.573 e. The molecular weight excluding hydrogens is 267 g/mol. The monoisotopic (exact) mass is 281 g/mol. The van der Waals surface area contributed by atoms with Gasteiger partial charge in [-0.2, -0.15) is 0 Å². The summed E-state index contributed by atoms with van der Waals surface area (Å²) in [5.41, 5.74) is 1.59. The maximum absolute atomic E-state index is 12.1. The van der Waals surface area contributed by atoms with Crippen LogP contribution in [0.1, 0.15) is 23.5 Å². The average molecular weight is 282 g/mol. The first kappa shape index (κ1) is 15.1. The average Bonchev–Trinajstić information content (AvgIpc) is 2.72. The molecule has 102 valence electrons. The summed E-state index contributed by atoms with van der Waals surface area (Å²) in [4.78, 5) is 0. The van der Waals surface area contributed by atoms with Crippen LogP contribution < -0.4 is 10.1 Å². The molecule has 0 saturated carbocycles. The molecule has 1 aromatic rings. The lowest BCUT2D eigenvalue weighted by Crippen LogP contribution is -2.18. The van der Waals surface area contributed by atoms with Gasteiger partial charge in [0.25, 0.3) is 0 Å². The highest BCUT2D eigenvalue weighted by Gasteiger charge is 2.31. The van der Waals surface area contributed by atoms with Gasteiger partial charge in [-0.1, -0.05) is 12.1 Å². The van der Waals surface area contributed by atoms with E-state index in [0.717, 1.165) is 25.1 Å². The first-order chi connectivity index (χ1) is 7.96. The van der Waals surface area contributed by atoms with Crippen molar-refractivity contribution in [3.63, 3.8) is 0 Å². The number of ether oxygens (including phenoxy) is 1. The van der Waals surface area contributed by atoms with Crippen LogP contribution >= 0.6 is 12.4 Å². The first-order valence-electron chi connectivity index (χ1n) is 5.53. The van der Waals surface area contributed by atoms with Crippen LogP contribution in [0.25, 0.3) is 0 Å².